The molecule has 0 spiro atoms. The molecular weight excluding hydrogens is 392 g/mol. The number of carbonyl (C=O) groups excluding carboxylic acids is 1. The maximum atomic E-state index is 13.6. The van der Waals surface area contributed by atoms with E-state index in [2.05, 4.69) is 38.5 Å². The first-order valence-corrected chi connectivity index (χ1v) is 10.3. The van der Waals surface area contributed by atoms with Crippen LogP contribution < -0.4 is 5.32 Å². The van der Waals surface area contributed by atoms with Gasteiger partial charge in [0, 0.05) is 25.0 Å². The number of amides is 1. The molecule has 1 saturated heterocycles. The Bertz CT molecular complexity index is 1090. The lowest BCUT2D eigenvalue weighted by atomic mass is 9.90. The maximum Gasteiger partial charge on any atom is 0.275 e. The van der Waals surface area contributed by atoms with Crippen molar-refractivity contribution in [3.05, 3.63) is 59.8 Å². The number of carbonyl (C=O) groups is 1. The van der Waals surface area contributed by atoms with Crippen LogP contribution in [0.1, 0.15) is 41.5 Å². The van der Waals surface area contributed by atoms with Crippen molar-refractivity contribution in [3.63, 3.8) is 0 Å². The summed E-state index contributed by atoms with van der Waals surface area (Å²) in [5, 5.41) is 20.6. The SMILES string of the molecule is Cc1ccc(-n2nccn2)c(C(=O)N2CCCC(C)C2CNc2ccc(C#N)cn2)n1. The summed E-state index contributed by atoms with van der Waals surface area (Å²) in [5.41, 5.74) is 2.20. The number of nitrogens with one attached hydrogen (secondary N) is 1. The number of aromatic nitrogens is 5. The van der Waals surface area contributed by atoms with Gasteiger partial charge in [-0.3, -0.25) is 4.79 Å². The van der Waals surface area contributed by atoms with Crippen LogP contribution in [0.2, 0.25) is 0 Å². The lowest BCUT2D eigenvalue weighted by Gasteiger charge is -2.40. The molecule has 158 valence electrons. The molecule has 2 atom stereocenters. The quantitative estimate of drug-likeness (QED) is 0.680. The van der Waals surface area contributed by atoms with Gasteiger partial charge in [0.1, 0.15) is 17.6 Å². The van der Waals surface area contributed by atoms with E-state index < -0.39 is 0 Å². The third-order valence-electron chi connectivity index (χ3n) is 5.61. The van der Waals surface area contributed by atoms with Gasteiger partial charge in [-0.2, -0.15) is 15.5 Å². The van der Waals surface area contributed by atoms with Gasteiger partial charge in [0.25, 0.3) is 5.91 Å². The molecule has 1 aliphatic heterocycles. The minimum atomic E-state index is -0.123. The number of likely N-dealkylation sites (tertiary alicyclic amines) is 1. The number of piperidine rings is 1. The molecular formula is C22H24N8O. The van der Waals surface area contributed by atoms with Gasteiger partial charge in [-0.25, -0.2) is 9.97 Å². The molecule has 4 heterocycles. The average molecular weight is 416 g/mol. The second-order valence-electron chi connectivity index (χ2n) is 7.75. The molecule has 1 amide bonds. The molecule has 0 aliphatic carbocycles. The van der Waals surface area contributed by atoms with E-state index in [1.807, 2.05) is 24.0 Å². The monoisotopic (exact) mass is 416 g/mol. The first kappa shape index (κ1) is 20.5. The fourth-order valence-electron chi connectivity index (χ4n) is 3.93. The molecule has 1 fully saturated rings. The van der Waals surface area contributed by atoms with E-state index in [9.17, 15) is 4.79 Å². The second kappa shape index (κ2) is 8.92. The van der Waals surface area contributed by atoms with Crippen LogP contribution in [-0.2, 0) is 0 Å². The fraction of sp³-hybridized carbons (Fsp3) is 0.364. The molecule has 0 saturated carbocycles. The van der Waals surface area contributed by atoms with Crippen molar-refractivity contribution in [2.45, 2.75) is 32.7 Å². The smallest absolute Gasteiger partial charge is 0.275 e. The maximum absolute atomic E-state index is 13.6. The van der Waals surface area contributed by atoms with Crippen molar-refractivity contribution in [1.82, 2.24) is 29.9 Å². The van der Waals surface area contributed by atoms with Crippen LogP contribution in [0.25, 0.3) is 5.69 Å². The van der Waals surface area contributed by atoms with Crippen LogP contribution in [0.15, 0.2) is 42.9 Å². The van der Waals surface area contributed by atoms with Gasteiger partial charge in [0.15, 0.2) is 5.69 Å². The average Bonchev–Trinajstić information content (AvgIpc) is 3.32. The van der Waals surface area contributed by atoms with Crippen LogP contribution in [-0.4, -0.2) is 54.9 Å². The molecule has 0 radical (unpaired) electrons. The number of nitriles is 1. The molecule has 1 N–H and O–H groups in total. The lowest BCUT2D eigenvalue weighted by Crippen LogP contribution is -2.51. The van der Waals surface area contributed by atoms with Crippen LogP contribution in [0.3, 0.4) is 0 Å². The van der Waals surface area contributed by atoms with Crippen molar-refractivity contribution < 1.29 is 4.79 Å². The van der Waals surface area contributed by atoms with Crippen LogP contribution in [0.5, 0.6) is 0 Å². The highest BCUT2D eigenvalue weighted by Gasteiger charge is 2.34. The summed E-state index contributed by atoms with van der Waals surface area (Å²) in [7, 11) is 0. The molecule has 4 rings (SSSR count). The topological polar surface area (TPSA) is 113 Å². The van der Waals surface area contributed by atoms with E-state index in [4.69, 9.17) is 5.26 Å². The van der Waals surface area contributed by atoms with Crippen molar-refractivity contribution in [2.24, 2.45) is 5.92 Å². The van der Waals surface area contributed by atoms with E-state index in [1.54, 1.807) is 24.5 Å². The van der Waals surface area contributed by atoms with Crippen molar-refractivity contribution in [3.8, 4) is 11.8 Å². The first-order valence-electron chi connectivity index (χ1n) is 10.3. The van der Waals surface area contributed by atoms with Crippen molar-refractivity contribution in [1.29, 1.82) is 5.26 Å². The Kier molecular flexibility index (Phi) is 5.89. The Balaban J connectivity index is 1.58. The van der Waals surface area contributed by atoms with Gasteiger partial charge in [-0.1, -0.05) is 6.92 Å². The summed E-state index contributed by atoms with van der Waals surface area (Å²) < 4.78 is 0. The summed E-state index contributed by atoms with van der Waals surface area (Å²) >= 11 is 0. The van der Waals surface area contributed by atoms with Gasteiger partial charge in [-0.05, 0) is 49.9 Å². The predicted octanol–water partition coefficient (Wildman–Crippen LogP) is 2.59. The van der Waals surface area contributed by atoms with Gasteiger partial charge >= 0.3 is 0 Å². The zero-order valence-corrected chi connectivity index (χ0v) is 17.6. The number of hydrogen-bond acceptors (Lipinski definition) is 7. The largest absolute Gasteiger partial charge is 0.368 e. The van der Waals surface area contributed by atoms with Gasteiger partial charge in [-0.15, -0.1) is 4.80 Å². The number of pyridine rings is 2. The molecule has 0 bridgehead atoms. The van der Waals surface area contributed by atoms with E-state index in [0.29, 0.717) is 41.8 Å². The van der Waals surface area contributed by atoms with Gasteiger partial charge < -0.3 is 10.2 Å². The molecule has 0 aromatic carbocycles. The molecule has 9 heteroatoms. The lowest BCUT2D eigenvalue weighted by molar-refractivity contribution is 0.0533. The fourth-order valence-corrected chi connectivity index (χ4v) is 3.93. The van der Waals surface area contributed by atoms with E-state index in [-0.39, 0.29) is 11.9 Å². The Morgan fingerprint density at radius 2 is 2.06 bits per heavy atom. The molecule has 2 unspecified atom stereocenters. The summed E-state index contributed by atoms with van der Waals surface area (Å²) in [6.45, 7) is 5.26. The Hall–Kier alpha value is -3.80. The minimum Gasteiger partial charge on any atom is -0.368 e. The van der Waals surface area contributed by atoms with Crippen LogP contribution in [0, 0.1) is 24.2 Å². The summed E-state index contributed by atoms with van der Waals surface area (Å²) in [6, 6.07) is 9.24. The number of nitrogens with zero attached hydrogens (tertiary/aromatic N) is 7. The number of aryl methyl sites for hydroxylation is 1. The van der Waals surface area contributed by atoms with Gasteiger partial charge in [0.2, 0.25) is 0 Å². The molecule has 3 aromatic heterocycles. The highest BCUT2D eigenvalue weighted by molar-refractivity contribution is 5.96. The third kappa shape index (κ3) is 4.38. The Morgan fingerprint density at radius 1 is 1.26 bits per heavy atom. The zero-order valence-electron chi connectivity index (χ0n) is 17.6. The highest BCUT2D eigenvalue weighted by atomic mass is 16.2. The molecule has 1 aliphatic rings. The standard InChI is InChI=1S/C22H24N8O/c1-15-4-3-11-29(19(15)14-25-20-8-6-17(12-23)13-24-20)22(31)21-18(7-5-16(2)28-21)30-26-9-10-27-30/h5-10,13,15,19H,3-4,11,14H2,1-2H3,(H,24,25). The van der Waals surface area contributed by atoms with Crippen LogP contribution in [0.4, 0.5) is 5.82 Å². The summed E-state index contributed by atoms with van der Waals surface area (Å²) in [6.07, 6.45) is 6.68. The van der Waals surface area contributed by atoms with E-state index in [1.165, 1.54) is 11.0 Å². The van der Waals surface area contributed by atoms with Gasteiger partial charge in [0.05, 0.1) is 24.0 Å². The van der Waals surface area contributed by atoms with Crippen LogP contribution >= 0.6 is 0 Å². The number of anilines is 1. The normalized spacial score (nSPS) is 18.4. The Morgan fingerprint density at radius 3 is 2.77 bits per heavy atom. The number of hydrogen-bond donors (Lipinski definition) is 1. The first-order chi connectivity index (χ1) is 15.1. The van der Waals surface area contributed by atoms with Crippen molar-refractivity contribution >= 4 is 11.7 Å². The van der Waals surface area contributed by atoms with Crippen molar-refractivity contribution in [2.75, 3.05) is 18.4 Å². The third-order valence-corrected chi connectivity index (χ3v) is 5.61. The predicted molar refractivity (Wildman–Crippen MR) is 115 cm³/mol. The highest BCUT2D eigenvalue weighted by Crippen LogP contribution is 2.26. The van der Waals surface area contributed by atoms with E-state index >= 15 is 0 Å². The Labute approximate surface area is 180 Å². The second-order valence-corrected chi connectivity index (χ2v) is 7.75. The number of rotatable bonds is 5. The summed E-state index contributed by atoms with van der Waals surface area (Å²) in [5.74, 6) is 0.876. The minimum absolute atomic E-state index is 0.0144. The zero-order chi connectivity index (χ0) is 21.8. The van der Waals surface area contributed by atoms with E-state index in [0.717, 1.165) is 18.5 Å². The summed E-state index contributed by atoms with van der Waals surface area (Å²) in [4.78, 5) is 25.8. The molecule has 3 aromatic rings. The molecule has 31 heavy (non-hydrogen) atoms. The molecule has 9 nitrogen and oxygen atoms in total.